The monoisotopic (exact) mass is 304 g/mol. The van der Waals surface area contributed by atoms with Gasteiger partial charge in [-0.1, -0.05) is 31.2 Å². The molecule has 0 saturated heterocycles. The van der Waals surface area contributed by atoms with Gasteiger partial charge in [-0.15, -0.1) is 11.8 Å². The fourth-order valence-corrected chi connectivity index (χ4v) is 1.76. The Morgan fingerprint density at radius 1 is 1.46 bits per heavy atom. The van der Waals surface area contributed by atoms with Crippen LogP contribution in [0.3, 0.4) is 0 Å². The molecule has 0 aromatic heterocycles. The van der Waals surface area contributed by atoms with Gasteiger partial charge in [0.2, 0.25) is 0 Å². The van der Waals surface area contributed by atoms with Crippen molar-refractivity contribution in [2.45, 2.75) is 13.3 Å². The van der Waals surface area contributed by atoms with Crippen LogP contribution in [0.2, 0.25) is 0 Å². The van der Waals surface area contributed by atoms with E-state index in [1.54, 1.807) is 11.8 Å². The molecule has 2 heteroatoms. The van der Waals surface area contributed by atoms with E-state index in [0.717, 1.165) is 6.42 Å². The van der Waals surface area contributed by atoms with E-state index in [2.05, 4.69) is 66.1 Å². The van der Waals surface area contributed by atoms with E-state index in [1.807, 2.05) is 0 Å². The smallest absolute Gasteiger partial charge is 0.0460 e. The highest BCUT2D eigenvalue weighted by Crippen LogP contribution is 2.24. The molecule has 0 nitrogen and oxygen atoms in total. The molecule has 70 valence electrons. The van der Waals surface area contributed by atoms with Crippen molar-refractivity contribution in [3.05, 3.63) is 38.3 Å². The molecule has 0 saturated carbocycles. The lowest BCUT2D eigenvalue weighted by atomic mass is 10.1. The Kier molecular flexibility index (Phi) is 4.88. The molecular weight excluding hydrogens is 291 g/mol. The molecule has 0 atom stereocenters. The van der Waals surface area contributed by atoms with Gasteiger partial charge in [0.05, 0.1) is 0 Å². The third-order valence-corrected chi connectivity index (χ3v) is 4.04. The van der Waals surface area contributed by atoms with Crippen LogP contribution in [0, 0.1) is 0 Å². The second kappa shape index (κ2) is 5.70. The second-order valence-electron chi connectivity index (χ2n) is 2.70. The van der Waals surface area contributed by atoms with Crippen LogP contribution in [0.4, 0.5) is 0 Å². The minimum absolute atomic E-state index is 1.10. The zero-order valence-corrected chi connectivity index (χ0v) is 10.9. The first kappa shape index (κ1) is 11.1. The summed E-state index contributed by atoms with van der Waals surface area (Å²) in [6, 6.07) is 8.56. The van der Waals surface area contributed by atoms with Crippen LogP contribution >= 0.6 is 34.4 Å². The highest BCUT2D eigenvalue weighted by atomic mass is 127. The van der Waals surface area contributed by atoms with Crippen molar-refractivity contribution in [1.82, 2.24) is 0 Å². The van der Waals surface area contributed by atoms with Crippen molar-refractivity contribution in [3.63, 3.8) is 0 Å². The number of thioether (sulfide) groups is 1. The van der Waals surface area contributed by atoms with Gasteiger partial charge >= 0.3 is 0 Å². The fourth-order valence-electron chi connectivity index (χ4n) is 1.18. The molecule has 0 aliphatic rings. The molecule has 0 radical (unpaired) electrons. The first-order chi connectivity index (χ1) is 6.27. The summed E-state index contributed by atoms with van der Waals surface area (Å²) in [6.45, 7) is 2.19. The lowest BCUT2D eigenvalue weighted by Gasteiger charge is -2.02. The van der Waals surface area contributed by atoms with E-state index >= 15 is 0 Å². The van der Waals surface area contributed by atoms with Crippen molar-refractivity contribution in [1.29, 1.82) is 0 Å². The first-order valence-electron chi connectivity index (χ1n) is 4.27. The Morgan fingerprint density at radius 2 is 2.15 bits per heavy atom. The maximum Gasteiger partial charge on any atom is 0.0460 e. The number of hydrogen-bond acceptors (Lipinski definition) is 1. The number of rotatable bonds is 3. The third-order valence-electron chi connectivity index (χ3n) is 1.90. The van der Waals surface area contributed by atoms with Crippen LogP contribution in [0.25, 0.3) is 6.08 Å². The molecule has 1 rings (SSSR count). The molecular formula is C11H13IS. The van der Waals surface area contributed by atoms with Gasteiger partial charge in [0.1, 0.15) is 0 Å². The topological polar surface area (TPSA) is 0 Å². The van der Waals surface area contributed by atoms with Gasteiger partial charge in [0.15, 0.2) is 0 Å². The van der Waals surface area contributed by atoms with Crippen molar-refractivity contribution in [2.75, 3.05) is 6.26 Å². The summed E-state index contributed by atoms with van der Waals surface area (Å²) in [4.78, 5) is 0. The summed E-state index contributed by atoms with van der Waals surface area (Å²) in [5.74, 6) is 0. The number of hydrogen-bond donors (Lipinski definition) is 0. The van der Waals surface area contributed by atoms with Gasteiger partial charge in [0, 0.05) is 2.91 Å². The average Bonchev–Trinajstić information content (AvgIpc) is 2.18. The number of halogens is 1. The van der Waals surface area contributed by atoms with Crippen molar-refractivity contribution in [3.8, 4) is 0 Å². The molecule has 0 bridgehead atoms. The lowest BCUT2D eigenvalue weighted by molar-refractivity contribution is 1.13. The summed E-state index contributed by atoms with van der Waals surface area (Å²) in [5.41, 5.74) is 2.77. The summed E-state index contributed by atoms with van der Waals surface area (Å²) >= 11 is 4.15. The Bertz CT molecular complexity index is 305. The van der Waals surface area contributed by atoms with Crippen molar-refractivity contribution >= 4 is 40.4 Å². The average molecular weight is 304 g/mol. The summed E-state index contributed by atoms with van der Waals surface area (Å²) in [6.07, 6.45) is 5.45. The standard InChI is InChI=1S/C11H13IS/c1-3-9-6-4-5-7-10(9)8-11(12)13-2/h4-8H,3H2,1-2H3/b11-8+. The molecule has 0 aliphatic carbocycles. The quantitative estimate of drug-likeness (QED) is 0.748. The molecule has 0 fully saturated rings. The molecule has 13 heavy (non-hydrogen) atoms. The van der Waals surface area contributed by atoms with Crippen LogP contribution in [0.15, 0.2) is 27.2 Å². The van der Waals surface area contributed by atoms with E-state index in [1.165, 1.54) is 14.0 Å². The van der Waals surface area contributed by atoms with Crippen LogP contribution in [-0.2, 0) is 6.42 Å². The highest BCUT2D eigenvalue weighted by molar-refractivity contribution is 14.1. The van der Waals surface area contributed by atoms with Crippen LogP contribution in [-0.4, -0.2) is 6.26 Å². The lowest BCUT2D eigenvalue weighted by Crippen LogP contribution is -1.84. The predicted octanol–water partition coefficient (Wildman–Crippen LogP) is 4.35. The predicted molar refractivity (Wildman–Crippen MR) is 71.3 cm³/mol. The maximum atomic E-state index is 2.37. The Morgan fingerprint density at radius 3 is 2.77 bits per heavy atom. The Labute approximate surface area is 98.0 Å². The minimum Gasteiger partial charge on any atom is -0.123 e. The summed E-state index contributed by atoms with van der Waals surface area (Å²) < 4.78 is 1.33. The van der Waals surface area contributed by atoms with Gasteiger partial charge in [-0.05, 0) is 52.5 Å². The SMILES string of the molecule is CCc1ccccc1/C=C(\I)SC. The van der Waals surface area contributed by atoms with Crippen LogP contribution in [0.5, 0.6) is 0 Å². The molecule has 0 aliphatic heterocycles. The second-order valence-corrected chi connectivity index (χ2v) is 5.45. The van der Waals surface area contributed by atoms with Crippen molar-refractivity contribution < 1.29 is 0 Å². The van der Waals surface area contributed by atoms with E-state index in [0.29, 0.717) is 0 Å². The zero-order chi connectivity index (χ0) is 9.68. The summed E-state index contributed by atoms with van der Waals surface area (Å²) in [7, 11) is 0. The molecule has 1 aromatic rings. The van der Waals surface area contributed by atoms with E-state index in [-0.39, 0.29) is 0 Å². The van der Waals surface area contributed by atoms with E-state index in [4.69, 9.17) is 0 Å². The van der Waals surface area contributed by atoms with E-state index < -0.39 is 0 Å². The largest absolute Gasteiger partial charge is 0.123 e. The summed E-state index contributed by atoms with van der Waals surface area (Å²) in [5, 5.41) is 0. The van der Waals surface area contributed by atoms with Gasteiger partial charge in [-0.2, -0.15) is 0 Å². The normalized spacial score (nSPS) is 11.8. The fraction of sp³-hybridized carbons (Fsp3) is 0.273. The first-order valence-corrected chi connectivity index (χ1v) is 6.57. The highest BCUT2D eigenvalue weighted by Gasteiger charge is 1.96. The van der Waals surface area contributed by atoms with Crippen LogP contribution in [0.1, 0.15) is 18.1 Å². The van der Waals surface area contributed by atoms with Gasteiger partial charge < -0.3 is 0 Å². The zero-order valence-electron chi connectivity index (χ0n) is 7.88. The van der Waals surface area contributed by atoms with Gasteiger partial charge in [-0.25, -0.2) is 0 Å². The molecule has 0 spiro atoms. The number of aryl methyl sites for hydroxylation is 1. The molecule has 0 unspecified atom stereocenters. The van der Waals surface area contributed by atoms with Crippen LogP contribution < -0.4 is 0 Å². The van der Waals surface area contributed by atoms with E-state index in [9.17, 15) is 0 Å². The Hall–Kier alpha value is 0.0400. The molecule has 0 N–H and O–H groups in total. The maximum absolute atomic E-state index is 2.37. The third kappa shape index (κ3) is 3.35. The minimum atomic E-state index is 1.10. The molecule has 0 amide bonds. The Balaban J connectivity index is 2.99. The van der Waals surface area contributed by atoms with Gasteiger partial charge in [0.25, 0.3) is 0 Å². The van der Waals surface area contributed by atoms with Gasteiger partial charge in [-0.3, -0.25) is 0 Å². The van der Waals surface area contributed by atoms with Crippen molar-refractivity contribution in [2.24, 2.45) is 0 Å². The molecule has 1 aromatic carbocycles. The number of benzene rings is 1. The molecule has 0 heterocycles.